The third-order valence-electron chi connectivity index (χ3n) is 4.70. The molecule has 1 aliphatic carbocycles. The lowest BCUT2D eigenvalue weighted by Crippen LogP contribution is -2.61. The summed E-state index contributed by atoms with van der Waals surface area (Å²) in [6.45, 7) is 0.817. The van der Waals surface area contributed by atoms with Crippen LogP contribution in [-0.4, -0.2) is 37.0 Å². The molecule has 1 saturated heterocycles. The molecule has 0 amide bonds. The first-order valence-corrected chi connectivity index (χ1v) is 7.73. The molecule has 6 heteroatoms. The van der Waals surface area contributed by atoms with Gasteiger partial charge in [0, 0.05) is 0 Å². The quantitative estimate of drug-likeness (QED) is 0.594. The average Bonchev–Trinajstić information content (AvgIpc) is 3.00. The van der Waals surface area contributed by atoms with Crippen molar-refractivity contribution in [2.45, 2.75) is 62.9 Å². The Balaban J connectivity index is 0.00000220. The van der Waals surface area contributed by atoms with Crippen molar-refractivity contribution in [1.82, 2.24) is 5.32 Å². The number of hydrogen-bond acceptors (Lipinski definition) is 5. The second kappa shape index (κ2) is 8.11. The van der Waals surface area contributed by atoms with Crippen LogP contribution < -0.4 is 11.1 Å². The molecule has 5 nitrogen and oxygen atoms in total. The Morgan fingerprint density at radius 2 is 1.86 bits per heavy atom. The first-order chi connectivity index (χ1) is 9.58. The van der Waals surface area contributed by atoms with Gasteiger partial charge in [-0.05, 0) is 31.7 Å². The largest absolute Gasteiger partial charge is 0.467 e. The van der Waals surface area contributed by atoms with Gasteiger partial charge >= 0.3 is 5.97 Å². The fourth-order valence-electron chi connectivity index (χ4n) is 3.53. The van der Waals surface area contributed by atoms with E-state index in [2.05, 4.69) is 5.32 Å². The van der Waals surface area contributed by atoms with E-state index >= 15 is 0 Å². The van der Waals surface area contributed by atoms with Crippen molar-refractivity contribution in [2.24, 2.45) is 11.7 Å². The summed E-state index contributed by atoms with van der Waals surface area (Å²) in [6, 6.07) is -0.289. The molecule has 21 heavy (non-hydrogen) atoms. The number of methoxy groups -OCH3 is 1. The van der Waals surface area contributed by atoms with Gasteiger partial charge in [0.2, 0.25) is 0 Å². The van der Waals surface area contributed by atoms with E-state index < -0.39 is 11.5 Å². The highest BCUT2D eigenvalue weighted by atomic mass is 35.5. The van der Waals surface area contributed by atoms with Gasteiger partial charge in [0.05, 0.1) is 13.2 Å². The molecule has 2 fully saturated rings. The number of Topliss-reactive ketones (excluding diaryl/α,β-unsaturated/α-hetero) is 1. The molecule has 0 aromatic rings. The number of hydrogen-bond donors (Lipinski definition) is 2. The molecule has 2 rings (SSSR count). The van der Waals surface area contributed by atoms with Crippen molar-refractivity contribution in [3.63, 3.8) is 0 Å². The third kappa shape index (κ3) is 4.18. The third-order valence-corrected chi connectivity index (χ3v) is 4.70. The topological polar surface area (TPSA) is 81.4 Å². The maximum absolute atomic E-state index is 12.7. The lowest BCUT2D eigenvalue weighted by atomic mass is 9.76. The molecule has 0 radical (unpaired) electrons. The molecule has 122 valence electrons. The Morgan fingerprint density at radius 3 is 2.38 bits per heavy atom. The van der Waals surface area contributed by atoms with Crippen molar-refractivity contribution in [2.75, 3.05) is 13.7 Å². The summed E-state index contributed by atoms with van der Waals surface area (Å²) in [6.07, 6.45) is 7.83. The Morgan fingerprint density at radius 1 is 1.19 bits per heavy atom. The predicted octanol–water partition coefficient (Wildman–Crippen LogP) is 1.57. The normalized spacial score (nSPS) is 25.7. The number of carbonyl (C=O) groups is 2. The van der Waals surface area contributed by atoms with E-state index in [1.807, 2.05) is 0 Å². The Labute approximate surface area is 132 Å². The highest BCUT2D eigenvalue weighted by Crippen LogP contribution is 2.31. The minimum atomic E-state index is -1.47. The zero-order valence-electron chi connectivity index (χ0n) is 12.7. The van der Waals surface area contributed by atoms with Crippen LogP contribution in [0.2, 0.25) is 0 Å². The molecule has 1 aliphatic heterocycles. The highest BCUT2D eigenvalue weighted by molar-refractivity contribution is 6.10. The molecule has 0 aromatic heterocycles. The molecule has 1 unspecified atom stereocenters. The van der Waals surface area contributed by atoms with Crippen LogP contribution in [0.15, 0.2) is 0 Å². The van der Waals surface area contributed by atoms with Crippen molar-refractivity contribution >= 4 is 24.2 Å². The first-order valence-electron chi connectivity index (χ1n) is 7.73. The Hall–Kier alpha value is -0.650. The van der Waals surface area contributed by atoms with Gasteiger partial charge in [0.1, 0.15) is 0 Å². The monoisotopic (exact) mass is 318 g/mol. The van der Waals surface area contributed by atoms with Crippen molar-refractivity contribution < 1.29 is 14.3 Å². The van der Waals surface area contributed by atoms with E-state index in [9.17, 15) is 9.59 Å². The van der Waals surface area contributed by atoms with Crippen LogP contribution >= 0.6 is 12.4 Å². The standard InChI is InChI=1S/C15H26N2O3.ClH/c1-20-14(19)15(16,10-11-6-3-2-4-7-11)13(18)12-8-5-9-17-12;/h11-12,17H,2-10,16H2,1H3;1H/t12?,15-;/m1./s1. The summed E-state index contributed by atoms with van der Waals surface area (Å²) in [5.41, 5.74) is 4.77. The second-order valence-electron chi connectivity index (χ2n) is 6.18. The molecule has 0 bridgehead atoms. The minimum absolute atomic E-state index is 0. The van der Waals surface area contributed by atoms with Gasteiger partial charge in [-0.25, -0.2) is 4.79 Å². The van der Waals surface area contributed by atoms with Crippen LogP contribution in [0.3, 0.4) is 0 Å². The predicted molar refractivity (Wildman–Crippen MR) is 83.4 cm³/mol. The lowest BCUT2D eigenvalue weighted by Gasteiger charge is -2.33. The van der Waals surface area contributed by atoms with Gasteiger partial charge in [-0.2, -0.15) is 0 Å². The highest BCUT2D eigenvalue weighted by Gasteiger charge is 2.47. The van der Waals surface area contributed by atoms with E-state index in [-0.39, 0.29) is 24.2 Å². The van der Waals surface area contributed by atoms with Gasteiger partial charge in [0.15, 0.2) is 11.3 Å². The lowest BCUT2D eigenvalue weighted by molar-refractivity contribution is -0.153. The van der Waals surface area contributed by atoms with Crippen LogP contribution in [0, 0.1) is 5.92 Å². The summed E-state index contributed by atoms with van der Waals surface area (Å²) in [5, 5.41) is 3.14. The number of ketones is 1. The molecule has 1 heterocycles. The van der Waals surface area contributed by atoms with E-state index in [0.717, 1.165) is 45.1 Å². The summed E-state index contributed by atoms with van der Waals surface area (Å²) in [7, 11) is 1.31. The number of rotatable bonds is 5. The first kappa shape index (κ1) is 18.4. The zero-order valence-corrected chi connectivity index (χ0v) is 13.5. The molecule has 1 saturated carbocycles. The maximum atomic E-state index is 12.7. The number of ether oxygens (including phenoxy) is 1. The Kier molecular flexibility index (Phi) is 7.10. The fourth-order valence-corrected chi connectivity index (χ4v) is 3.53. The molecule has 2 atom stereocenters. The minimum Gasteiger partial charge on any atom is -0.467 e. The molecule has 2 aliphatic rings. The summed E-state index contributed by atoms with van der Waals surface area (Å²) < 4.78 is 4.83. The van der Waals surface area contributed by atoms with E-state index in [0.29, 0.717) is 12.3 Å². The van der Waals surface area contributed by atoms with E-state index in [4.69, 9.17) is 10.5 Å². The molecule has 0 aromatic carbocycles. The Bertz CT molecular complexity index is 366. The van der Waals surface area contributed by atoms with Crippen LogP contribution in [0.25, 0.3) is 0 Å². The maximum Gasteiger partial charge on any atom is 0.333 e. The van der Waals surface area contributed by atoms with E-state index in [1.54, 1.807) is 0 Å². The van der Waals surface area contributed by atoms with Gasteiger partial charge in [-0.3, -0.25) is 4.79 Å². The SMILES string of the molecule is COC(=O)[C@@](N)(CC1CCCCC1)C(=O)C1CCCN1.Cl. The molecular weight excluding hydrogens is 292 g/mol. The zero-order chi connectivity index (χ0) is 14.6. The second-order valence-corrected chi connectivity index (χ2v) is 6.18. The summed E-state index contributed by atoms with van der Waals surface area (Å²) in [5.74, 6) is -0.410. The van der Waals surface area contributed by atoms with Gasteiger partial charge < -0.3 is 15.8 Å². The van der Waals surface area contributed by atoms with Crippen LogP contribution in [0.4, 0.5) is 0 Å². The molecular formula is C15H27ClN2O3. The van der Waals surface area contributed by atoms with Crippen molar-refractivity contribution in [3.8, 4) is 0 Å². The van der Waals surface area contributed by atoms with Crippen molar-refractivity contribution in [3.05, 3.63) is 0 Å². The average molecular weight is 319 g/mol. The molecule has 3 N–H and O–H groups in total. The van der Waals surface area contributed by atoms with Gasteiger partial charge in [-0.1, -0.05) is 32.1 Å². The fraction of sp³-hybridized carbons (Fsp3) is 0.867. The number of nitrogens with one attached hydrogen (secondary N) is 1. The summed E-state index contributed by atoms with van der Waals surface area (Å²) in [4.78, 5) is 24.8. The smallest absolute Gasteiger partial charge is 0.333 e. The van der Waals surface area contributed by atoms with Crippen LogP contribution in [0.5, 0.6) is 0 Å². The van der Waals surface area contributed by atoms with Crippen LogP contribution in [-0.2, 0) is 14.3 Å². The summed E-state index contributed by atoms with van der Waals surface area (Å²) >= 11 is 0. The van der Waals surface area contributed by atoms with Crippen molar-refractivity contribution in [1.29, 1.82) is 0 Å². The number of esters is 1. The van der Waals surface area contributed by atoms with E-state index in [1.165, 1.54) is 13.5 Å². The van der Waals surface area contributed by atoms with Gasteiger partial charge in [-0.15, -0.1) is 12.4 Å². The van der Waals surface area contributed by atoms with Crippen LogP contribution in [0.1, 0.15) is 51.4 Å². The van der Waals surface area contributed by atoms with Gasteiger partial charge in [0.25, 0.3) is 0 Å². The molecule has 0 spiro atoms. The number of carbonyl (C=O) groups excluding carboxylic acids is 2. The number of nitrogens with two attached hydrogens (primary N) is 1. The number of halogens is 1.